The Hall–Kier alpha value is -2.50. The standard InChI is InChI=1S/C17H18FN3O2/c1-12(22)21-9-5-13(6-10-21)16-17(20-8-7-19-16)23-15-4-2-3-14(18)11-15/h2-4,7-8,11,13H,5-6,9-10H2,1H3. The van der Waals surface area contributed by atoms with E-state index in [9.17, 15) is 9.18 Å². The van der Waals surface area contributed by atoms with Gasteiger partial charge < -0.3 is 9.64 Å². The van der Waals surface area contributed by atoms with Gasteiger partial charge in [0.15, 0.2) is 0 Å². The maximum atomic E-state index is 13.3. The van der Waals surface area contributed by atoms with Crippen LogP contribution < -0.4 is 4.74 Å². The second-order valence-corrected chi connectivity index (χ2v) is 5.59. The predicted molar refractivity (Wildman–Crippen MR) is 82.7 cm³/mol. The fourth-order valence-corrected chi connectivity index (χ4v) is 2.80. The quantitative estimate of drug-likeness (QED) is 0.873. The van der Waals surface area contributed by atoms with Crippen LogP contribution >= 0.6 is 0 Å². The average Bonchev–Trinajstić information content (AvgIpc) is 2.55. The van der Waals surface area contributed by atoms with Gasteiger partial charge in [-0.15, -0.1) is 0 Å². The van der Waals surface area contributed by atoms with Crippen molar-refractivity contribution >= 4 is 5.91 Å². The minimum Gasteiger partial charge on any atom is -0.437 e. The molecule has 0 aliphatic carbocycles. The molecule has 1 aromatic heterocycles. The van der Waals surface area contributed by atoms with Crippen LogP contribution in [-0.2, 0) is 4.79 Å². The summed E-state index contributed by atoms with van der Waals surface area (Å²) in [6, 6.07) is 5.95. The van der Waals surface area contributed by atoms with Gasteiger partial charge in [-0.3, -0.25) is 9.78 Å². The summed E-state index contributed by atoms with van der Waals surface area (Å²) in [7, 11) is 0. The summed E-state index contributed by atoms with van der Waals surface area (Å²) < 4.78 is 19.0. The summed E-state index contributed by atoms with van der Waals surface area (Å²) in [6.07, 6.45) is 4.82. The zero-order valence-electron chi connectivity index (χ0n) is 12.9. The molecule has 2 heterocycles. The number of hydrogen-bond donors (Lipinski definition) is 0. The zero-order valence-corrected chi connectivity index (χ0v) is 12.9. The van der Waals surface area contributed by atoms with Crippen LogP contribution in [0.15, 0.2) is 36.7 Å². The lowest BCUT2D eigenvalue weighted by molar-refractivity contribution is -0.129. The normalized spacial score (nSPS) is 15.5. The van der Waals surface area contributed by atoms with Gasteiger partial charge in [0.25, 0.3) is 0 Å². The molecular weight excluding hydrogens is 297 g/mol. The van der Waals surface area contributed by atoms with Crippen LogP contribution in [0.25, 0.3) is 0 Å². The van der Waals surface area contributed by atoms with Gasteiger partial charge in [-0.25, -0.2) is 9.37 Å². The molecular formula is C17H18FN3O2. The number of aromatic nitrogens is 2. The number of piperidine rings is 1. The molecule has 1 saturated heterocycles. The Balaban J connectivity index is 1.77. The van der Waals surface area contributed by atoms with Crippen LogP contribution in [0.4, 0.5) is 4.39 Å². The van der Waals surface area contributed by atoms with E-state index in [1.54, 1.807) is 31.5 Å². The van der Waals surface area contributed by atoms with Gasteiger partial charge in [0.1, 0.15) is 17.3 Å². The number of benzene rings is 1. The number of hydrogen-bond acceptors (Lipinski definition) is 4. The maximum Gasteiger partial charge on any atom is 0.241 e. The van der Waals surface area contributed by atoms with Crippen molar-refractivity contribution in [2.24, 2.45) is 0 Å². The Morgan fingerprint density at radius 3 is 2.70 bits per heavy atom. The molecule has 0 spiro atoms. The highest BCUT2D eigenvalue weighted by Gasteiger charge is 2.26. The lowest BCUT2D eigenvalue weighted by Crippen LogP contribution is -2.36. The summed E-state index contributed by atoms with van der Waals surface area (Å²) >= 11 is 0. The molecule has 1 amide bonds. The van der Waals surface area contributed by atoms with Crippen LogP contribution in [0.2, 0.25) is 0 Å². The summed E-state index contributed by atoms with van der Waals surface area (Å²) in [6.45, 7) is 2.99. The Labute approximate surface area is 134 Å². The summed E-state index contributed by atoms with van der Waals surface area (Å²) in [5.41, 5.74) is 0.764. The molecule has 2 aromatic rings. The number of likely N-dealkylation sites (tertiary alicyclic amines) is 1. The van der Waals surface area contributed by atoms with Crippen LogP contribution in [-0.4, -0.2) is 33.9 Å². The van der Waals surface area contributed by atoms with Crippen molar-refractivity contribution < 1.29 is 13.9 Å². The number of rotatable bonds is 3. The van der Waals surface area contributed by atoms with Crippen molar-refractivity contribution in [2.75, 3.05) is 13.1 Å². The van der Waals surface area contributed by atoms with E-state index in [-0.39, 0.29) is 17.6 Å². The molecule has 1 aliphatic rings. The molecule has 1 aliphatic heterocycles. The van der Waals surface area contributed by atoms with Crippen LogP contribution in [0.1, 0.15) is 31.4 Å². The number of carbonyl (C=O) groups is 1. The molecule has 0 saturated carbocycles. The smallest absolute Gasteiger partial charge is 0.241 e. The first-order chi connectivity index (χ1) is 11.1. The third kappa shape index (κ3) is 3.64. The molecule has 0 unspecified atom stereocenters. The number of ether oxygens (including phenoxy) is 1. The lowest BCUT2D eigenvalue weighted by Gasteiger charge is -2.31. The Bertz CT molecular complexity index is 700. The van der Waals surface area contributed by atoms with E-state index in [0.717, 1.165) is 18.5 Å². The van der Waals surface area contributed by atoms with Gasteiger partial charge >= 0.3 is 0 Å². The largest absolute Gasteiger partial charge is 0.437 e. The molecule has 3 rings (SSSR count). The van der Waals surface area contributed by atoms with Crippen LogP contribution in [0.5, 0.6) is 11.6 Å². The van der Waals surface area contributed by atoms with Gasteiger partial charge in [-0.1, -0.05) is 6.07 Å². The Morgan fingerprint density at radius 2 is 2.00 bits per heavy atom. The third-order valence-electron chi connectivity index (χ3n) is 4.03. The number of carbonyl (C=O) groups excluding carboxylic acids is 1. The van der Waals surface area contributed by atoms with Gasteiger partial charge in [-0.2, -0.15) is 0 Å². The van der Waals surface area contributed by atoms with E-state index in [2.05, 4.69) is 9.97 Å². The Morgan fingerprint density at radius 1 is 1.26 bits per heavy atom. The lowest BCUT2D eigenvalue weighted by atomic mass is 9.93. The predicted octanol–water partition coefficient (Wildman–Crippen LogP) is 3.13. The number of amides is 1. The summed E-state index contributed by atoms with van der Waals surface area (Å²) in [5, 5.41) is 0. The molecule has 0 N–H and O–H groups in total. The molecule has 0 radical (unpaired) electrons. The first-order valence-corrected chi connectivity index (χ1v) is 7.63. The van der Waals surface area contributed by atoms with E-state index in [4.69, 9.17) is 4.74 Å². The fraction of sp³-hybridized carbons (Fsp3) is 0.353. The van der Waals surface area contributed by atoms with Crippen LogP contribution in [0.3, 0.4) is 0 Å². The van der Waals surface area contributed by atoms with Gasteiger partial charge in [-0.05, 0) is 25.0 Å². The summed E-state index contributed by atoms with van der Waals surface area (Å²) in [4.78, 5) is 21.9. The molecule has 1 fully saturated rings. The van der Waals surface area contributed by atoms with Gasteiger partial charge in [0, 0.05) is 44.4 Å². The van der Waals surface area contributed by atoms with Gasteiger partial charge in [0.05, 0.1) is 0 Å². The van der Waals surface area contributed by atoms with Crippen molar-refractivity contribution in [3.8, 4) is 11.6 Å². The minimum absolute atomic E-state index is 0.0961. The molecule has 23 heavy (non-hydrogen) atoms. The molecule has 1 aromatic carbocycles. The molecule has 5 nitrogen and oxygen atoms in total. The monoisotopic (exact) mass is 315 g/mol. The van der Waals surface area contributed by atoms with Crippen molar-refractivity contribution in [3.63, 3.8) is 0 Å². The van der Waals surface area contributed by atoms with E-state index in [1.807, 2.05) is 4.90 Å². The van der Waals surface area contributed by atoms with Crippen molar-refractivity contribution in [2.45, 2.75) is 25.7 Å². The van der Waals surface area contributed by atoms with Crippen molar-refractivity contribution in [3.05, 3.63) is 48.2 Å². The highest BCUT2D eigenvalue weighted by atomic mass is 19.1. The van der Waals surface area contributed by atoms with Gasteiger partial charge in [0.2, 0.25) is 11.8 Å². The third-order valence-corrected chi connectivity index (χ3v) is 4.03. The van der Waals surface area contributed by atoms with E-state index in [1.165, 1.54) is 12.1 Å². The Kier molecular flexibility index (Phi) is 4.50. The SMILES string of the molecule is CC(=O)N1CCC(c2nccnc2Oc2cccc(F)c2)CC1. The molecule has 6 heteroatoms. The summed E-state index contributed by atoms with van der Waals surface area (Å²) in [5.74, 6) is 0.719. The highest BCUT2D eigenvalue weighted by molar-refractivity contribution is 5.73. The number of nitrogens with zero attached hydrogens (tertiary/aromatic N) is 3. The molecule has 0 bridgehead atoms. The van der Waals surface area contributed by atoms with E-state index in [0.29, 0.717) is 24.7 Å². The molecule has 0 atom stereocenters. The van der Waals surface area contributed by atoms with Crippen LogP contribution in [0, 0.1) is 5.82 Å². The second kappa shape index (κ2) is 6.73. The maximum absolute atomic E-state index is 13.3. The first-order valence-electron chi connectivity index (χ1n) is 7.63. The average molecular weight is 315 g/mol. The zero-order chi connectivity index (χ0) is 16.2. The van der Waals surface area contributed by atoms with E-state index >= 15 is 0 Å². The topological polar surface area (TPSA) is 55.3 Å². The van der Waals surface area contributed by atoms with Crippen molar-refractivity contribution in [1.29, 1.82) is 0 Å². The highest BCUT2D eigenvalue weighted by Crippen LogP contribution is 2.33. The van der Waals surface area contributed by atoms with Crippen molar-refractivity contribution in [1.82, 2.24) is 14.9 Å². The minimum atomic E-state index is -0.359. The van der Waals surface area contributed by atoms with E-state index < -0.39 is 0 Å². The number of halogens is 1. The molecule has 120 valence electrons. The fourth-order valence-electron chi connectivity index (χ4n) is 2.80. The first kappa shape index (κ1) is 15.4. The second-order valence-electron chi connectivity index (χ2n) is 5.59.